The van der Waals surface area contributed by atoms with Crippen LogP contribution in [0.4, 0.5) is 4.79 Å². The highest BCUT2D eigenvalue weighted by Gasteiger charge is 2.39. The van der Waals surface area contributed by atoms with E-state index in [1.54, 1.807) is 4.90 Å². The quantitative estimate of drug-likeness (QED) is 0.812. The number of nitrogens with zero attached hydrogens (tertiary/aromatic N) is 2. The zero-order valence-corrected chi connectivity index (χ0v) is 15.6. The molecule has 0 spiro atoms. The van der Waals surface area contributed by atoms with Crippen LogP contribution in [0.15, 0.2) is 54.6 Å². The van der Waals surface area contributed by atoms with Gasteiger partial charge in [0, 0.05) is 19.6 Å². The molecule has 1 fully saturated rings. The third-order valence-corrected chi connectivity index (χ3v) is 5.44. The highest BCUT2D eigenvalue weighted by Crippen LogP contribution is 2.20. The Bertz CT molecular complexity index is 897. The summed E-state index contributed by atoms with van der Waals surface area (Å²) in [5, 5.41) is 2.67. The van der Waals surface area contributed by atoms with Crippen molar-refractivity contribution in [1.29, 1.82) is 0 Å². The first-order valence-electron chi connectivity index (χ1n) is 9.62. The predicted octanol–water partition coefficient (Wildman–Crippen LogP) is 2.12. The lowest BCUT2D eigenvalue weighted by atomic mass is 9.99. The van der Waals surface area contributed by atoms with Crippen molar-refractivity contribution in [1.82, 2.24) is 15.1 Å². The molecule has 1 saturated heterocycles. The molecular weight excluding hydrogens is 354 g/mol. The predicted molar refractivity (Wildman–Crippen MR) is 104 cm³/mol. The minimum Gasteiger partial charge on any atom is -0.338 e. The van der Waals surface area contributed by atoms with E-state index in [2.05, 4.69) is 11.4 Å². The molecule has 1 atom stereocenters. The summed E-state index contributed by atoms with van der Waals surface area (Å²) in [5.74, 6) is -0.412. The van der Waals surface area contributed by atoms with Crippen molar-refractivity contribution in [2.45, 2.75) is 31.8 Å². The third-order valence-electron chi connectivity index (χ3n) is 5.44. The number of imide groups is 1. The first-order valence-corrected chi connectivity index (χ1v) is 9.62. The van der Waals surface area contributed by atoms with Crippen molar-refractivity contribution >= 4 is 17.8 Å². The van der Waals surface area contributed by atoms with Gasteiger partial charge in [-0.1, -0.05) is 54.6 Å². The maximum absolute atomic E-state index is 12.7. The number of fused-ring (bicyclic) bond motifs is 1. The lowest BCUT2D eigenvalue weighted by Gasteiger charge is -2.29. The van der Waals surface area contributed by atoms with Gasteiger partial charge >= 0.3 is 6.03 Å². The molecular formula is C22H23N3O3. The topological polar surface area (TPSA) is 69.7 Å². The van der Waals surface area contributed by atoms with Crippen molar-refractivity contribution in [2.75, 3.05) is 13.1 Å². The van der Waals surface area contributed by atoms with E-state index in [9.17, 15) is 14.4 Å². The Morgan fingerprint density at radius 2 is 1.71 bits per heavy atom. The minimum atomic E-state index is -0.770. The molecule has 6 heteroatoms. The summed E-state index contributed by atoms with van der Waals surface area (Å²) in [6.45, 7) is 1.51. The minimum absolute atomic E-state index is 0.00851. The number of urea groups is 1. The Kier molecular flexibility index (Phi) is 5.10. The fourth-order valence-corrected chi connectivity index (χ4v) is 3.82. The zero-order chi connectivity index (χ0) is 19.5. The molecule has 0 aliphatic carbocycles. The van der Waals surface area contributed by atoms with Crippen LogP contribution in [0.3, 0.4) is 0 Å². The van der Waals surface area contributed by atoms with Crippen LogP contribution in [0, 0.1) is 0 Å². The van der Waals surface area contributed by atoms with Gasteiger partial charge in [0.15, 0.2) is 0 Å². The van der Waals surface area contributed by atoms with Crippen LogP contribution < -0.4 is 5.32 Å². The lowest BCUT2D eigenvalue weighted by molar-refractivity contribution is -0.136. The molecule has 0 unspecified atom stereocenters. The molecule has 1 N–H and O–H groups in total. The van der Waals surface area contributed by atoms with E-state index >= 15 is 0 Å². The molecule has 2 aliphatic heterocycles. The van der Waals surface area contributed by atoms with E-state index in [1.807, 2.05) is 48.5 Å². The standard InChI is InChI=1S/C22H23N3O3/c26-20(24-12-11-17-8-4-5-9-18(17)15-24)14-19-21(27)25(22(28)23-19)13-10-16-6-2-1-3-7-16/h1-9,19H,10-15H2,(H,23,28)/t19-/m0/s1. The molecule has 0 aromatic heterocycles. The molecule has 2 aromatic rings. The molecule has 2 heterocycles. The molecule has 0 radical (unpaired) electrons. The van der Waals surface area contributed by atoms with Crippen molar-refractivity contribution in [3.8, 4) is 0 Å². The van der Waals surface area contributed by atoms with Gasteiger partial charge in [-0.15, -0.1) is 0 Å². The van der Waals surface area contributed by atoms with Crippen molar-refractivity contribution in [3.63, 3.8) is 0 Å². The van der Waals surface area contributed by atoms with Gasteiger partial charge in [-0.3, -0.25) is 14.5 Å². The molecule has 4 amide bonds. The highest BCUT2D eigenvalue weighted by atomic mass is 16.2. The summed E-state index contributed by atoms with van der Waals surface area (Å²) >= 11 is 0. The zero-order valence-electron chi connectivity index (χ0n) is 15.6. The summed E-state index contributed by atoms with van der Waals surface area (Å²) in [5.41, 5.74) is 3.48. The fraction of sp³-hybridized carbons (Fsp3) is 0.318. The van der Waals surface area contributed by atoms with E-state index in [0.29, 0.717) is 26.1 Å². The van der Waals surface area contributed by atoms with Gasteiger partial charge in [0.2, 0.25) is 5.91 Å². The van der Waals surface area contributed by atoms with Gasteiger partial charge < -0.3 is 10.2 Å². The second kappa shape index (κ2) is 7.84. The van der Waals surface area contributed by atoms with E-state index in [0.717, 1.165) is 17.5 Å². The smallest absolute Gasteiger partial charge is 0.324 e. The summed E-state index contributed by atoms with van der Waals surface area (Å²) in [6.07, 6.45) is 1.42. The van der Waals surface area contributed by atoms with E-state index in [1.165, 1.54) is 10.5 Å². The Hall–Kier alpha value is -3.15. The molecule has 2 aliphatic rings. The largest absolute Gasteiger partial charge is 0.338 e. The Labute approximate surface area is 164 Å². The van der Waals surface area contributed by atoms with Gasteiger partial charge in [-0.2, -0.15) is 0 Å². The number of benzene rings is 2. The van der Waals surface area contributed by atoms with Crippen LogP contribution in [-0.4, -0.2) is 46.8 Å². The number of hydrogen-bond acceptors (Lipinski definition) is 3. The third kappa shape index (κ3) is 3.76. The van der Waals surface area contributed by atoms with Crippen LogP contribution in [0.1, 0.15) is 23.1 Å². The molecule has 6 nitrogen and oxygen atoms in total. The van der Waals surface area contributed by atoms with Gasteiger partial charge in [-0.25, -0.2) is 4.79 Å². The summed E-state index contributed by atoms with van der Waals surface area (Å²) in [4.78, 5) is 40.5. The average molecular weight is 377 g/mol. The SMILES string of the molecule is O=C(C[C@@H]1NC(=O)N(CCc2ccccc2)C1=O)N1CCc2ccccc2C1. The first-order chi connectivity index (χ1) is 13.6. The van der Waals surface area contributed by atoms with Crippen LogP contribution in [0.25, 0.3) is 0 Å². The maximum Gasteiger partial charge on any atom is 0.324 e. The van der Waals surface area contributed by atoms with Gasteiger partial charge in [-0.05, 0) is 29.5 Å². The maximum atomic E-state index is 12.7. The monoisotopic (exact) mass is 377 g/mol. The van der Waals surface area contributed by atoms with Gasteiger partial charge in [0.1, 0.15) is 6.04 Å². The van der Waals surface area contributed by atoms with Crippen molar-refractivity contribution in [3.05, 3.63) is 71.3 Å². The average Bonchev–Trinajstić information content (AvgIpc) is 2.99. The first kappa shape index (κ1) is 18.2. The molecule has 2 aromatic carbocycles. The molecule has 0 bridgehead atoms. The molecule has 0 saturated carbocycles. The summed E-state index contributed by atoms with van der Waals surface area (Å²) in [6, 6.07) is 16.6. The van der Waals surface area contributed by atoms with Gasteiger partial charge in [0.05, 0.1) is 6.42 Å². The fourth-order valence-electron chi connectivity index (χ4n) is 3.82. The second-order valence-electron chi connectivity index (χ2n) is 7.27. The number of nitrogens with one attached hydrogen (secondary N) is 1. The van der Waals surface area contributed by atoms with Crippen molar-refractivity contribution < 1.29 is 14.4 Å². The van der Waals surface area contributed by atoms with Crippen LogP contribution in [-0.2, 0) is 29.0 Å². The second-order valence-corrected chi connectivity index (χ2v) is 7.27. The van der Waals surface area contributed by atoms with Crippen molar-refractivity contribution in [2.24, 2.45) is 0 Å². The number of amides is 4. The molecule has 4 rings (SSSR count). The van der Waals surface area contributed by atoms with Crippen LogP contribution >= 0.6 is 0 Å². The number of rotatable bonds is 5. The molecule has 28 heavy (non-hydrogen) atoms. The summed E-state index contributed by atoms with van der Waals surface area (Å²) in [7, 11) is 0. The molecule has 144 valence electrons. The number of hydrogen-bond donors (Lipinski definition) is 1. The van der Waals surface area contributed by atoms with E-state index in [4.69, 9.17) is 0 Å². The summed E-state index contributed by atoms with van der Waals surface area (Å²) < 4.78 is 0. The highest BCUT2D eigenvalue weighted by molar-refractivity contribution is 6.05. The van der Waals surface area contributed by atoms with Crippen LogP contribution in [0.5, 0.6) is 0 Å². The Morgan fingerprint density at radius 3 is 2.50 bits per heavy atom. The van der Waals surface area contributed by atoms with E-state index < -0.39 is 12.1 Å². The van der Waals surface area contributed by atoms with Crippen LogP contribution in [0.2, 0.25) is 0 Å². The number of carbonyl (C=O) groups excluding carboxylic acids is 3. The van der Waals surface area contributed by atoms with E-state index in [-0.39, 0.29) is 18.2 Å². The normalized spacial score (nSPS) is 18.8. The number of carbonyl (C=O) groups is 3. The van der Waals surface area contributed by atoms with Gasteiger partial charge in [0.25, 0.3) is 5.91 Å². The Morgan fingerprint density at radius 1 is 1.00 bits per heavy atom. The lowest BCUT2D eigenvalue weighted by Crippen LogP contribution is -2.41. The Balaban J connectivity index is 1.34.